The van der Waals surface area contributed by atoms with Gasteiger partial charge in [0.2, 0.25) is 0 Å². The van der Waals surface area contributed by atoms with Crippen LogP contribution in [0, 0.1) is 0 Å². The molecule has 0 bridgehead atoms. The van der Waals surface area contributed by atoms with Crippen LogP contribution in [0.3, 0.4) is 0 Å². The minimum absolute atomic E-state index is 1.14. The van der Waals surface area contributed by atoms with E-state index < -0.39 is 8.07 Å². The van der Waals surface area contributed by atoms with Crippen LogP contribution in [0.25, 0.3) is 77.2 Å². The van der Waals surface area contributed by atoms with Crippen LogP contribution in [0.1, 0.15) is 0 Å². The van der Waals surface area contributed by atoms with Gasteiger partial charge in [-0.1, -0.05) is 212 Å². The summed E-state index contributed by atoms with van der Waals surface area (Å²) in [7, 11) is -2.88. The fourth-order valence-corrected chi connectivity index (χ4v) is 15.4. The van der Waals surface area contributed by atoms with Crippen molar-refractivity contribution in [1.29, 1.82) is 0 Å². The Labute approximate surface area is 368 Å². The first kappa shape index (κ1) is 36.8. The maximum Gasteiger partial charge on any atom is 0.180 e. The van der Waals surface area contributed by atoms with Gasteiger partial charge < -0.3 is 9.13 Å². The number of hydrogen-bond acceptors (Lipinski definition) is 0. The van der Waals surface area contributed by atoms with Crippen molar-refractivity contribution in [2.24, 2.45) is 0 Å². The average molecular weight is 819 g/mol. The van der Waals surface area contributed by atoms with Gasteiger partial charge in [-0.25, -0.2) is 0 Å². The summed E-state index contributed by atoms with van der Waals surface area (Å²) in [5, 5.41) is 10.5. The predicted molar refractivity (Wildman–Crippen MR) is 270 cm³/mol. The van der Waals surface area contributed by atoms with Crippen LogP contribution >= 0.6 is 0 Å². The zero-order valence-electron chi connectivity index (χ0n) is 34.6. The maximum absolute atomic E-state index is 2.88. The lowest BCUT2D eigenvalue weighted by Gasteiger charge is -2.35. The van der Waals surface area contributed by atoms with Gasteiger partial charge in [0.05, 0.1) is 27.8 Å². The summed E-state index contributed by atoms with van der Waals surface area (Å²) >= 11 is 0. The number of fused-ring (bicyclic) bond motifs is 6. The van der Waals surface area contributed by atoms with Gasteiger partial charge in [-0.15, -0.1) is 0 Å². The molecule has 2 nitrogen and oxygen atoms in total. The van der Waals surface area contributed by atoms with Crippen LogP contribution in [0.2, 0.25) is 0 Å². The maximum atomic E-state index is 2.54. The summed E-state index contributed by atoms with van der Waals surface area (Å²) in [6.07, 6.45) is 0. The Kier molecular flexibility index (Phi) is 8.87. The second kappa shape index (κ2) is 15.2. The highest BCUT2D eigenvalue weighted by Crippen LogP contribution is 2.40. The van der Waals surface area contributed by atoms with Crippen molar-refractivity contribution in [3.63, 3.8) is 0 Å². The summed E-state index contributed by atoms with van der Waals surface area (Å²) in [5.41, 5.74) is 11.9. The second-order valence-electron chi connectivity index (χ2n) is 16.4. The molecule has 0 saturated heterocycles. The average Bonchev–Trinajstić information content (AvgIpc) is 3.89. The van der Waals surface area contributed by atoms with E-state index in [1.54, 1.807) is 0 Å². The van der Waals surface area contributed by atoms with Gasteiger partial charge in [-0.2, -0.15) is 0 Å². The van der Waals surface area contributed by atoms with Crippen molar-refractivity contribution in [2.75, 3.05) is 0 Å². The Morgan fingerprint density at radius 2 is 0.683 bits per heavy atom. The third-order valence-electron chi connectivity index (χ3n) is 13.1. The zero-order chi connectivity index (χ0) is 41.7. The van der Waals surface area contributed by atoms with Crippen LogP contribution in [-0.2, 0) is 0 Å². The minimum atomic E-state index is -2.88. The molecule has 0 radical (unpaired) electrons. The number of rotatable bonds is 8. The van der Waals surface area contributed by atoms with Gasteiger partial charge in [0.25, 0.3) is 0 Å². The fourth-order valence-electron chi connectivity index (χ4n) is 10.4. The van der Waals surface area contributed by atoms with Gasteiger partial charge in [0, 0.05) is 27.2 Å². The quantitative estimate of drug-likeness (QED) is 0.107. The number of nitrogens with zero attached hydrogens (tertiary/aromatic N) is 2. The van der Waals surface area contributed by atoms with E-state index in [0.717, 1.165) is 5.69 Å². The molecule has 0 N–H and O–H groups in total. The van der Waals surface area contributed by atoms with Crippen molar-refractivity contribution >= 4 is 72.4 Å². The van der Waals surface area contributed by atoms with Crippen LogP contribution in [0.5, 0.6) is 0 Å². The lowest BCUT2D eigenvalue weighted by molar-refractivity contribution is 1.17. The third-order valence-corrected chi connectivity index (χ3v) is 17.9. The van der Waals surface area contributed by atoms with Crippen molar-refractivity contribution in [3.8, 4) is 33.6 Å². The molecule has 0 aliphatic carbocycles. The van der Waals surface area contributed by atoms with Crippen LogP contribution in [0.15, 0.2) is 255 Å². The van der Waals surface area contributed by atoms with E-state index in [1.165, 1.54) is 92.3 Å². The van der Waals surface area contributed by atoms with E-state index in [2.05, 4.69) is 264 Å². The number of aromatic nitrogens is 2. The largest absolute Gasteiger partial charge is 0.309 e. The van der Waals surface area contributed by atoms with Gasteiger partial charge in [0.15, 0.2) is 8.07 Å². The molecule has 0 unspecified atom stereocenters. The molecule has 12 aromatic rings. The monoisotopic (exact) mass is 818 g/mol. The lowest BCUT2D eigenvalue weighted by atomic mass is 10.00. The van der Waals surface area contributed by atoms with Gasteiger partial charge >= 0.3 is 0 Å². The number of para-hydroxylation sites is 2. The predicted octanol–water partition coefficient (Wildman–Crippen LogP) is 12.6. The SMILES string of the molecule is c1ccc(-c2ccc(-c3cccc(-n4c5ccccc5c5c(-n6c7ccccc7c7c([Si](c8ccccc8)(c8ccccc8)c8ccccc8)cccc76)cccc54)c3)cc2)cc1. The van der Waals surface area contributed by atoms with Gasteiger partial charge in [-0.05, 0) is 85.5 Å². The van der Waals surface area contributed by atoms with E-state index in [4.69, 9.17) is 0 Å². The molecule has 2 heterocycles. The highest BCUT2D eigenvalue weighted by Gasteiger charge is 2.43. The van der Waals surface area contributed by atoms with E-state index in [0.29, 0.717) is 0 Å². The summed E-state index contributed by atoms with van der Waals surface area (Å²) in [6.45, 7) is 0. The highest BCUT2D eigenvalue weighted by atomic mass is 28.3. The molecule has 12 rings (SSSR count). The Bertz CT molecular complexity index is 3490. The number of hydrogen-bond donors (Lipinski definition) is 0. The van der Waals surface area contributed by atoms with Gasteiger partial charge in [0.1, 0.15) is 0 Å². The molecule has 0 aliphatic rings. The Hall–Kier alpha value is -7.98. The van der Waals surface area contributed by atoms with Crippen LogP contribution in [-0.4, -0.2) is 17.2 Å². The summed E-state index contributed by atoms with van der Waals surface area (Å²) in [6, 6.07) is 94.2. The van der Waals surface area contributed by atoms with Crippen LogP contribution < -0.4 is 20.7 Å². The normalized spacial score (nSPS) is 11.8. The van der Waals surface area contributed by atoms with Crippen molar-refractivity contribution < 1.29 is 0 Å². The second-order valence-corrected chi connectivity index (χ2v) is 20.2. The van der Waals surface area contributed by atoms with Crippen molar-refractivity contribution in [3.05, 3.63) is 255 Å². The smallest absolute Gasteiger partial charge is 0.180 e. The topological polar surface area (TPSA) is 9.86 Å². The van der Waals surface area contributed by atoms with Crippen molar-refractivity contribution in [1.82, 2.24) is 9.13 Å². The Morgan fingerprint density at radius 1 is 0.270 bits per heavy atom. The third kappa shape index (κ3) is 5.85. The standard InChI is InChI=1S/C60H42N2Si/c1-5-20-43(21-6-1)44-38-40-45(41-39-44)46-22-17-23-47(42-46)61-53-32-15-13-30-51(53)59-55(61)34-18-35-56(59)62-54-33-16-14-31-52(54)60-57(62)36-19-37-58(60)63(48-24-7-2-8-25-48,49-26-9-3-10-27-49)50-28-11-4-12-29-50/h1-42H. The van der Waals surface area contributed by atoms with Crippen LogP contribution in [0.4, 0.5) is 0 Å². The molecule has 296 valence electrons. The molecule has 0 amide bonds. The first-order chi connectivity index (χ1) is 31.3. The molecule has 0 spiro atoms. The molecule has 3 heteroatoms. The molecular weight excluding hydrogens is 777 g/mol. The first-order valence-corrected chi connectivity index (χ1v) is 23.8. The summed E-state index contributed by atoms with van der Waals surface area (Å²) < 4.78 is 4.99. The molecular formula is C60H42N2Si. The first-order valence-electron chi connectivity index (χ1n) is 21.8. The minimum Gasteiger partial charge on any atom is -0.309 e. The highest BCUT2D eigenvalue weighted by molar-refractivity contribution is 7.20. The molecule has 0 fully saturated rings. The molecule has 10 aromatic carbocycles. The fraction of sp³-hybridized carbons (Fsp3) is 0. The molecule has 0 aliphatic heterocycles. The summed E-state index contributed by atoms with van der Waals surface area (Å²) in [4.78, 5) is 0. The molecule has 63 heavy (non-hydrogen) atoms. The molecule has 0 atom stereocenters. The number of benzene rings is 10. The van der Waals surface area contributed by atoms with Gasteiger partial charge in [-0.3, -0.25) is 0 Å². The van der Waals surface area contributed by atoms with E-state index >= 15 is 0 Å². The molecule has 2 aromatic heterocycles. The Morgan fingerprint density at radius 3 is 1.29 bits per heavy atom. The zero-order valence-corrected chi connectivity index (χ0v) is 35.6. The van der Waals surface area contributed by atoms with E-state index in [-0.39, 0.29) is 0 Å². The molecule has 0 saturated carbocycles. The lowest BCUT2D eigenvalue weighted by Crippen LogP contribution is -2.74. The van der Waals surface area contributed by atoms with E-state index in [9.17, 15) is 0 Å². The van der Waals surface area contributed by atoms with Crippen molar-refractivity contribution in [2.45, 2.75) is 0 Å². The Balaban J connectivity index is 1.11. The van der Waals surface area contributed by atoms with E-state index in [1.807, 2.05) is 0 Å². The summed E-state index contributed by atoms with van der Waals surface area (Å²) in [5.74, 6) is 0.